The van der Waals surface area contributed by atoms with Gasteiger partial charge in [0.1, 0.15) is 10.7 Å². The van der Waals surface area contributed by atoms with Crippen molar-refractivity contribution in [1.29, 1.82) is 5.26 Å². The normalized spacial score (nSPS) is 17.4. The molecule has 0 aromatic carbocycles. The molecule has 4 nitrogen and oxygen atoms in total. The highest BCUT2D eigenvalue weighted by molar-refractivity contribution is 6.32. The van der Waals surface area contributed by atoms with Gasteiger partial charge >= 0.3 is 0 Å². The minimum Gasteiger partial charge on any atom is -0.334 e. The number of hydrogen-bond donors (Lipinski definition) is 1. The highest BCUT2D eigenvalue weighted by atomic mass is 35.5. The van der Waals surface area contributed by atoms with Crippen molar-refractivity contribution >= 4 is 17.5 Å². The molecular weight excluding hydrogens is 238 g/mol. The van der Waals surface area contributed by atoms with Gasteiger partial charge in [0.05, 0.1) is 11.6 Å². The number of amides is 1. The van der Waals surface area contributed by atoms with Gasteiger partial charge in [0.2, 0.25) is 0 Å². The Kier molecular flexibility index (Phi) is 3.30. The van der Waals surface area contributed by atoms with Crippen molar-refractivity contribution < 1.29 is 4.79 Å². The fraction of sp³-hybridized carbons (Fsp3) is 0.417. The molecule has 0 bridgehead atoms. The van der Waals surface area contributed by atoms with Gasteiger partial charge in [0, 0.05) is 6.20 Å². The molecule has 2 rings (SSSR count). The average Bonchev–Trinajstić information content (AvgIpc) is 2.79. The summed E-state index contributed by atoms with van der Waals surface area (Å²) in [5.41, 5.74) is -0.410. The van der Waals surface area contributed by atoms with E-state index in [1.165, 1.54) is 6.20 Å². The SMILES string of the molecule is N#CC1(NC(=O)c2cccnc2Cl)CCCC1. The van der Waals surface area contributed by atoms with Crippen molar-refractivity contribution in [1.82, 2.24) is 10.3 Å². The first kappa shape index (κ1) is 11.9. The summed E-state index contributed by atoms with van der Waals surface area (Å²) in [6.45, 7) is 0. The topological polar surface area (TPSA) is 65.8 Å². The molecule has 1 amide bonds. The average molecular weight is 250 g/mol. The fourth-order valence-electron chi connectivity index (χ4n) is 2.08. The predicted molar refractivity (Wildman–Crippen MR) is 63.5 cm³/mol. The van der Waals surface area contributed by atoms with Crippen LogP contribution in [0.4, 0.5) is 0 Å². The van der Waals surface area contributed by atoms with E-state index in [0.29, 0.717) is 18.4 Å². The third kappa shape index (κ3) is 2.40. The molecule has 88 valence electrons. The Balaban J connectivity index is 2.17. The van der Waals surface area contributed by atoms with Crippen LogP contribution in [0.25, 0.3) is 0 Å². The highest BCUT2D eigenvalue weighted by Gasteiger charge is 2.35. The van der Waals surface area contributed by atoms with Crippen molar-refractivity contribution in [2.24, 2.45) is 0 Å². The first-order valence-electron chi connectivity index (χ1n) is 5.51. The van der Waals surface area contributed by atoms with Gasteiger partial charge in [-0.25, -0.2) is 4.98 Å². The summed E-state index contributed by atoms with van der Waals surface area (Å²) in [4.78, 5) is 15.8. The zero-order valence-corrected chi connectivity index (χ0v) is 10.00. The Morgan fingerprint density at radius 3 is 2.82 bits per heavy atom. The fourth-order valence-corrected chi connectivity index (χ4v) is 2.29. The molecule has 0 atom stereocenters. The molecule has 1 aliphatic rings. The maximum Gasteiger partial charge on any atom is 0.255 e. The highest BCUT2D eigenvalue weighted by Crippen LogP contribution is 2.29. The molecule has 1 aromatic rings. The monoisotopic (exact) mass is 249 g/mol. The second-order valence-electron chi connectivity index (χ2n) is 4.20. The predicted octanol–water partition coefficient (Wildman–Crippen LogP) is 2.30. The number of pyridine rings is 1. The maximum absolute atomic E-state index is 12.0. The van der Waals surface area contributed by atoms with E-state index in [4.69, 9.17) is 16.9 Å². The second-order valence-corrected chi connectivity index (χ2v) is 4.55. The van der Waals surface area contributed by atoms with Crippen LogP contribution in [0.1, 0.15) is 36.0 Å². The lowest BCUT2D eigenvalue weighted by Crippen LogP contribution is -2.45. The number of carbonyl (C=O) groups is 1. The summed E-state index contributed by atoms with van der Waals surface area (Å²) in [7, 11) is 0. The van der Waals surface area contributed by atoms with Crippen LogP contribution in [0, 0.1) is 11.3 Å². The molecule has 1 aromatic heterocycles. The molecule has 1 fully saturated rings. The zero-order chi connectivity index (χ0) is 12.3. The van der Waals surface area contributed by atoms with Gasteiger partial charge in [0.15, 0.2) is 0 Å². The summed E-state index contributed by atoms with van der Waals surface area (Å²) < 4.78 is 0. The van der Waals surface area contributed by atoms with E-state index in [-0.39, 0.29) is 11.1 Å². The molecule has 1 N–H and O–H groups in total. The Hall–Kier alpha value is -1.60. The van der Waals surface area contributed by atoms with Gasteiger partial charge in [-0.1, -0.05) is 11.6 Å². The minimum atomic E-state index is -0.726. The molecule has 1 aliphatic carbocycles. The molecule has 17 heavy (non-hydrogen) atoms. The van der Waals surface area contributed by atoms with Crippen LogP contribution in [-0.4, -0.2) is 16.4 Å². The van der Waals surface area contributed by atoms with Crippen LogP contribution in [-0.2, 0) is 0 Å². The van der Waals surface area contributed by atoms with Crippen molar-refractivity contribution in [3.63, 3.8) is 0 Å². The van der Waals surface area contributed by atoms with Crippen LogP contribution < -0.4 is 5.32 Å². The molecule has 1 saturated carbocycles. The number of nitrogens with zero attached hydrogens (tertiary/aromatic N) is 2. The van der Waals surface area contributed by atoms with E-state index in [1.54, 1.807) is 12.1 Å². The number of aromatic nitrogens is 1. The Bertz CT molecular complexity index is 475. The van der Waals surface area contributed by atoms with Crippen LogP contribution in [0.3, 0.4) is 0 Å². The summed E-state index contributed by atoms with van der Waals surface area (Å²) in [5.74, 6) is -0.327. The first-order chi connectivity index (χ1) is 8.17. The molecule has 0 saturated heterocycles. The summed E-state index contributed by atoms with van der Waals surface area (Å²) in [6.07, 6.45) is 4.86. The first-order valence-corrected chi connectivity index (χ1v) is 5.89. The largest absolute Gasteiger partial charge is 0.334 e. The standard InChI is InChI=1S/C12H12ClN3O/c13-10-9(4-3-7-15-10)11(17)16-12(8-14)5-1-2-6-12/h3-4,7H,1-2,5-6H2,(H,16,17). The number of carbonyl (C=O) groups excluding carboxylic acids is 1. The van der Waals surface area contributed by atoms with Crippen molar-refractivity contribution in [2.45, 2.75) is 31.2 Å². The molecule has 1 heterocycles. The van der Waals surface area contributed by atoms with E-state index >= 15 is 0 Å². The minimum absolute atomic E-state index is 0.163. The maximum atomic E-state index is 12.0. The van der Waals surface area contributed by atoms with Gasteiger partial charge < -0.3 is 5.32 Å². The van der Waals surface area contributed by atoms with Crippen molar-refractivity contribution in [3.05, 3.63) is 29.0 Å². The van der Waals surface area contributed by atoms with Crippen molar-refractivity contribution in [3.8, 4) is 6.07 Å². The molecule has 5 heteroatoms. The number of hydrogen-bond acceptors (Lipinski definition) is 3. The lowest BCUT2D eigenvalue weighted by atomic mass is 9.99. The Morgan fingerprint density at radius 1 is 1.53 bits per heavy atom. The smallest absolute Gasteiger partial charge is 0.255 e. The lowest BCUT2D eigenvalue weighted by molar-refractivity contribution is 0.0920. The molecule has 0 unspecified atom stereocenters. The van der Waals surface area contributed by atoms with E-state index in [9.17, 15) is 4.79 Å². The van der Waals surface area contributed by atoms with E-state index in [0.717, 1.165) is 12.8 Å². The summed E-state index contributed by atoms with van der Waals surface area (Å²) in [5, 5.41) is 12.1. The van der Waals surface area contributed by atoms with Gasteiger partial charge in [-0.2, -0.15) is 5.26 Å². The van der Waals surface area contributed by atoms with Gasteiger partial charge in [0.25, 0.3) is 5.91 Å². The number of nitrogens with one attached hydrogen (secondary N) is 1. The quantitative estimate of drug-likeness (QED) is 0.818. The van der Waals surface area contributed by atoms with Crippen LogP contribution in [0.5, 0.6) is 0 Å². The third-order valence-electron chi connectivity index (χ3n) is 3.03. The van der Waals surface area contributed by atoms with E-state index in [1.807, 2.05) is 0 Å². The van der Waals surface area contributed by atoms with Gasteiger partial charge in [-0.3, -0.25) is 4.79 Å². The number of nitriles is 1. The van der Waals surface area contributed by atoms with E-state index in [2.05, 4.69) is 16.4 Å². The van der Waals surface area contributed by atoms with Crippen molar-refractivity contribution in [2.75, 3.05) is 0 Å². The lowest BCUT2D eigenvalue weighted by Gasteiger charge is -2.22. The van der Waals surface area contributed by atoms with Gasteiger partial charge in [-0.15, -0.1) is 0 Å². The molecular formula is C12H12ClN3O. The Labute approximate surface area is 105 Å². The second kappa shape index (κ2) is 4.72. The van der Waals surface area contributed by atoms with Crippen LogP contribution >= 0.6 is 11.6 Å². The van der Waals surface area contributed by atoms with Gasteiger partial charge in [-0.05, 0) is 37.8 Å². The number of halogens is 1. The third-order valence-corrected chi connectivity index (χ3v) is 3.33. The zero-order valence-electron chi connectivity index (χ0n) is 9.24. The molecule has 0 aliphatic heterocycles. The van der Waals surface area contributed by atoms with E-state index < -0.39 is 5.54 Å². The summed E-state index contributed by atoms with van der Waals surface area (Å²) >= 11 is 5.84. The summed E-state index contributed by atoms with van der Waals surface area (Å²) in [6, 6.07) is 5.45. The molecule has 0 radical (unpaired) electrons. The molecule has 0 spiro atoms. The van der Waals surface area contributed by atoms with Crippen LogP contribution in [0.2, 0.25) is 5.15 Å². The van der Waals surface area contributed by atoms with Crippen LogP contribution in [0.15, 0.2) is 18.3 Å². The Morgan fingerprint density at radius 2 is 2.24 bits per heavy atom. The number of rotatable bonds is 2.